The van der Waals surface area contributed by atoms with Gasteiger partial charge in [-0.15, -0.1) is 0 Å². The van der Waals surface area contributed by atoms with Gasteiger partial charge in [0.05, 0.1) is 16.1 Å². The van der Waals surface area contributed by atoms with Crippen LogP contribution in [0.25, 0.3) is 0 Å². The molecule has 0 saturated carbocycles. The van der Waals surface area contributed by atoms with Gasteiger partial charge in [0.1, 0.15) is 0 Å². The molecule has 110 valence electrons. The van der Waals surface area contributed by atoms with E-state index in [4.69, 9.17) is 5.11 Å². The van der Waals surface area contributed by atoms with Gasteiger partial charge in [0.15, 0.2) is 0 Å². The van der Waals surface area contributed by atoms with E-state index in [0.717, 1.165) is 8.78 Å². The fraction of sp³-hybridized carbons (Fsp3) is 0.0714. The highest BCUT2D eigenvalue weighted by molar-refractivity contribution is 9.10. The van der Waals surface area contributed by atoms with Crippen molar-refractivity contribution in [2.24, 2.45) is 0 Å². The number of para-hydroxylation sites is 1. The molecule has 2 aromatic carbocycles. The minimum Gasteiger partial charge on any atom is -0.478 e. The Morgan fingerprint density at radius 3 is 2.24 bits per heavy atom. The van der Waals surface area contributed by atoms with Gasteiger partial charge in [-0.25, -0.2) is 13.2 Å². The maximum absolute atomic E-state index is 12.5. The van der Waals surface area contributed by atoms with Crippen LogP contribution in [-0.4, -0.2) is 26.5 Å². The first kappa shape index (κ1) is 15.5. The fourth-order valence-corrected chi connectivity index (χ4v) is 3.30. The first-order valence-corrected chi connectivity index (χ1v) is 8.14. The summed E-state index contributed by atoms with van der Waals surface area (Å²) in [6.07, 6.45) is 0. The number of carboxylic acids is 1. The Labute approximate surface area is 131 Å². The maximum Gasteiger partial charge on any atom is 0.337 e. The average Bonchev–Trinajstić information content (AvgIpc) is 2.46. The Morgan fingerprint density at radius 1 is 1.10 bits per heavy atom. The van der Waals surface area contributed by atoms with Gasteiger partial charge in [-0.05, 0) is 36.4 Å². The summed E-state index contributed by atoms with van der Waals surface area (Å²) in [4.78, 5) is 11.3. The summed E-state index contributed by atoms with van der Waals surface area (Å²) < 4.78 is 26.8. The highest BCUT2D eigenvalue weighted by atomic mass is 79.9. The van der Waals surface area contributed by atoms with E-state index in [1.54, 1.807) is 24.3 Å². The Hall–Kier alpha value is -1.86. The van der Waals surface area contributed by atoms with Gasteiger partial charge >= 0.3 is 5.97 Å². The predicted molar refractivity (Wildman–Crippen MR) is 83.1 cm³/mol. The van der Waals surface area contributed by atoms with E-state index in [-0.39, 0.29) is 16.1 Å². The van der Waals surface area contributed by atoms with Crippen molar-refractivity contribution in [3.05, 3.63) is 58.6 Å². The van der Waals surface area contributed by atoms with Gasteiger partial charge < -0.3 is 5.11 Å². The molecule has 0 aliphatic heterocycles. The van der Waals surface area contributed by atoms with Crippen LogP contribution in [0.2, 0.25) is 0 Å². The smallest absolute Gasteiger partial charge is 0.337 e. The second-order valence-corrected chi connectivity index (χ2v) is 7.13. The van der Waals surface area contributed by atoms with Crippen molar-refractivity contribution in [2.75, 3.05) is 11.4 Å². The largest absolute Gasteiger partial charge is 0.478 e. The van der Waals surface area contributed by atoms with Crippen LogP contribution in [0, 0.1) is 0 Å². The summed E-state index contributed by atoms with van der Waals surface area (Å²) in [6, 6.07) is 12.1. The molecule has 0 fully saturated rings. The molecule has 0 heterocycles. The Balaban J connectivity index is 2.51. The van der Waals surface area contributed by atoms with Crippen molar-refractivity contribution >= 4 is 37.6 Å². The van der Waals surface area contributed by atoms with Crippen molar-refractivity contribution in [3.8, 4) is 0 Å². The average molecular weight is 370 g/mol. The summed E-state index contributed by atoms with van der Waals surface area (Å²) in [6.45, 7) is 0. The highest BCUT2D eigenvalue weighted by Crippen LogP contribution is 2.26. The lowest BCUT2D eigenvalue weighted by Crippen LogP contribution is -2.28. The third-order valence-electron chi connectivity index (χ3n) is 2.95. The monoisotopic (exact) mass is 369 g/mol. The highest BCUT2D eigenvalue weighted by Gasteiger charge is 2.24. The molecule has 2 rings (SSSR count). The number of anilines is 1. The second-order valence-electron chi connectivity index (χ2n) is 4.25. The van der Waals surface area contributed by atoms with E-state index in [9.17, 15) is 13.2 Å². The third kappa shape index (κ3) is 3.08. The van der Waals surface area contributed by atoms with Gasteiger partial charge in [0.25, 0.3) is 10.0 Å². The third-order valence-corrected chi connectivity index (χ3v) is 5.26. The van der Waals surface area contributed by atoms with Crippen LogP contribution in [-0.2, 0) is 10.0 Å². The van der Waals surface area contributed by atoms with E-state index in [0.29, 0.717) is 0 Å². The van der Waals surface area contributed by atoms with Crippen LogP contribution < -0.4 is 4.31 Å². The quantitative estimate of drug-likeness (QED) is 0.898. The van der Waals surface area contributed by atoms with E-state index in [1.807, 2.05) is 0 Å². The molecular formula is C14H12BrNO4S. The van der Waals surface area contributed by atoms with Crippen LogP contribution in [0.5, 0.6) is 0 Å². The van der Waals surface area contributed by atoms with E-state index < -0.39 is 16.0 Å². The van der Waals surface area contributed by atoms with Gasteiger partial charge in [-0.1, -0.05) is 28.1 Å². The molecule has 0 aliphatic rings. The number of aromatic carboxylic acids is 1. The Kier molecular flexibility index (Phi) is 4.34. The molecule has 0 radical (unpaired) electrons. The minimum absolute atomic E-state index is 0.0688. The molecule has 0 unspecified atom stereocenters. The van der Waals surface area contributed by atoms with Crippen molar-refractivity contribution < 1.29 is 18.3 Å². The van der Waals surface area contributed by atoms with Gasteiger partial charge in [-0.3, -0.25) is 4.31 Å². The van der Waals surface area contributed by atoms with Gasteiger partial charge in [-0.2, -0.15) is 0 Å². The van der Waals surface area contributed by atoms with Gasteiger partial charge in [0.2, 0.25) is 0 Å². The fourth-order valence-electron chi connectivity index (χ4n) is 1.82. The minimum atomic E-state index is -3.82. The van der Waals surface area contributed by atoms with Crippen LogP contribution in [0.3, 0.4) is 0 Å². The van der Waals surface area contributed by atoms with Crippen LogP contribution in [0.15, 0.2) is 57.9 Å². The Bertz CT molecular complexity index is 772. The lowest BCUT2D eigenvalue weighted by atomic mass is 10.2. The molecule has 2 aromatic rings. The molecule has 7 heteroatoms. The predicted octanol–water partition coefficient (Wildman–Crippen LogP) is 2.97. The number of hydrogen-bond acceptors (Lipinski definition) is 3. The number of halogens is 1. The van der Waals surface area contributed by atoms with Crippen molar-refractivity contribution in [1.82, 2.24) is 0 Å². The summed E-state index contributed by atoms with van der Waals surface area (Å²) in [7, 11) is -2.48. The first-order valence-electron chi connectivity index (χ1n) is 5.91. The summed E-state index contributed by atoms with van der Waals surface area (Å²) in [5, 5.41) is 9.16. The number of carbonyl (C=O) groups is 1. The molecule has 0 bridgehead atoms. The molecule has 0 atom stereocenters. The van der Waals surface area contributed by atoms with Crippen LogP contribution >= 0.6 is 15.9 Å². The lowest BCUT2D eigenvalue weighted by molar-refractivity contribution is 0.0698. The van der Waals surface area contributed by atoms with E-state index in [2.05, 4.69) is 15.9 Å². The summed E-state index contributed by atoms with van der Waals surface area (Å²) >= 11 is 3.24. The SMILES string of the molecule is CN(c1ccccc1C(=O)O)S(=O)(=O)c1ccc(Br)cc1. The molecule has 1 N–H and O–H groups in total. The number of rotatable bonds is 4. The molecule has 21 heavy (non-hydrogen) atoms. The summed E-state index contributed by atoms with van der Waals surface area (Å²) in [5.41, 5.74) is 0.0496. The van der Waals surface area contributed by atoms with Crippen molar-refractivity contribution in [1.29, 1.82) is 0 Å². The molecule has 0 spiro atoms. The standard InChI is InChI=1S/C14H12BrNO4S/c1-16(13-5-3-2-4-12(13)14(17)18)21(19,20)11-8-6-10(15)7-9-11/h2-9H,1H3,(H,17,18). The number of sulfonamides is 1. The lowest BCUT2D eigenvalue weighted by Gasteiger charge is -2.21. The molecule has 0 aromatic heterocycles. The number of hydrogen-bond donors (Lipinski definition) is 1. The first-order chi connectivity index (χ1) is 9.84. The molecule has 0 aliphatic carbocycles. The normalized spacial score (nSPS) is 11.1. The number of benzene rings is 2. The topological polar surface area (TPSA) is 74.7 Å². The van der Waals surface area contributed by atoms with Crippen LogP contribution in [0.1, 0.15) is 10.4 Å². The molecule has 0 amide bonds. The zero-order chi connectivity index (χ0) is 15.6. The molecule has 5 nitrogen and oxygen atoms in total. The zero-order valence-corrected chi connectivity index (χ0v) is 13.4. The van der Waals surface area contributed by atoms with Gasteiger partial charge in [0, 0.05) is 11.5 Å². The zero-order valence-electron chi connectivity index (χ0n) is 11.0. The molecular weight excluding hydrogens is 358 g/mol. The maximum atomic E-state index is 12.5. The number of carboxylic acid groups (broad SMARTS) is 1. The van der Waals surface area contributed by atoms with E-state index in [1.165, 1.54) is 31.3 Å². The number of nitrogens with zero attached hydrogens (tertiary/aromatic N) is 1. The second kappa shape index (κ2) is 5.87. The molecule has 0 saturated heterocycles. The van der Waals surface area contributed by atoms with Crippen LogP contribution in [0.4, 0.5) is 5.69 Å². The van der Waals surface area contributed by atoms with E-state index >= 15 is 0 Å². The Morgan fingerprint density at radius 2 is 1.67 bits per heavy atom. The van der Waals surface area contributed by atoms with Crippen molar-refractivity contribution in [3.63, 3.8) is 0 Å². The van der Waals surface area contributed by atoms with Crippen molar-refractivity contribution in [2.45, 2.75) is 4.90 Å². The summed E-state index contributed by atoms with van der Waals surface area (Å²) in [5.74, 6) is -1.18.